The minimum absolute atomic E-state index is 0.157. The average molecular weight is 350 g/mol. The monoisotopic (exact) mass is 350 g/mol. The fourth-order valence-electron chi connectivity index (χ4n) is 2.80. The Labute approximate surface area is 148 Å². The van der Waals surface area contributed by atoms with Crippen molar-refractivity contribution >= 4 is 22.4 Å². The van der Waals surface area contributed by atoms with Gasteiger partial charge >= 0.3 is 5.69 Å². The zero-order valence-corrected chi connectivity index (χ0v) is 14.6. The molecule has 6 heteroatoms. The van der Waals surface area contributed by atoms with Gasteiger partial charge in [-0.3, -0.25) is 0 Å². The third kappa shape index (κ3) is 3.40. The summed E-state index contributed by atoms with van der Waals surface area (Å²) in [5, 5.41) is 6.62. The van der Waals surface area contributed by atoms with Crippen molar-refractivity contribution in [1.29, 1.82) is 0 Å². The molecule has 2 aromatic heterocycles. The number of hydrogen-bond acceptors (Lipinski definition) is 4. The molecule has 0 aliphatic carbocycles. The highest BCUT2D eigenvalue weighted by Gasteiger charge is 2.09. The van der Waals surface area contributed by atoms with Gasteiger partial charge in [0.05, 0.1) is 16.7 Å². The van der Waals surface area contributed by atoms with Crippen LogP contribution >= 0.6 is 11.3 Å². The molecule has 0 saturated carbocycles. The molecular formula is C19H18N4OS. The predicted molar refractivity (Wildman–Crippen MR) is 102 cm³/mol. The van der Waals surface area contributed by atoms with Crippen molar-refractivity contribution in [2.75, 3.05) is 0 Å². The van der Waals surface area contributed by atoms with E-state index in [1.54, 1.807) is 11.3 Å². The van der Waals surface area contributed by atoms with Crippen LogP contribution in [0, 0.1) is 0 Å². The van der Waals surface area contributed by atoms with E-state index in [-0.39, 0.29) is 11.7 Å². The molecule has 0 saturated heterocycles. The second kappa shape index (κ2) is 6.66. The largest absolute Gasteiger partial charge is 0.323 e. The number of aromatic amines is 2. The summed E-state index contributed by atoms with van der Waals surface area (Å²) in [6.07, 6.45) is 0. The number of thiazole rings is 1. The number of H-pyrrole nitrogens is 2. The molecule has 25 heavy (non-hydrogen) atoms. The van der Waals surface area contributed by atoms with Gasteiger partial charge in [-0.05, 0) is 24.6 Å². The van der Waals surface area contributed by atoms with Crippen LogP contribution in [0.3, 0.4) is 0 Å². The topological polar surface area (TPSA) is 73.6 Å². The Morgan fingerprint density at radius 3 is 2.76 bits per heavy atom. The third-order valence-corrected chi connectivity index (χ3v) is 5.14. The fraction of sp³-hybridized carbons (Fsp3) is 0.158. The van der Waals surface area contributed by atoms with Crippen molar-refractivity contribution in [3.05, 3.63) is 75.7 Å². The van der Waals surface area contributed by atoms with Crippen molar-refractivity contribution in [2.24, 2.45) is 0 Å². The maximum absolute atomic E-state index is 11.4. The van der Waals surface area contributed by atoms with Crippen LogP contribution in [0.2, 0.25) is 0 Å². The number of nitrogens with zero attached hydrogens (tertiary/aromatic N) is 1. The fourth-order valence-corrected chi connectivity index (χ4v) is 3.62. The molecule has 3 N–H and O–H groups in total. The van der Waals surface area contributed by atoms with Gasteiger partial charge in [0.15, 0.2) is 0 Å². The van der Waals surface area contributed by atoms with E-state index in [2.05, 4.69) is 39.7 Å². The number of hydrogen-bond donors (Lipinski definition) is 3. The Balaban J connectivity index is 1.45. The van der Waals surface area contributed by atoms with E-state index in [4.69, 9.17) is 4.98 Å². The summed E-state index contributed by atoms with van der Waals surface area (Å²) < 4.78 is 0. The molecule has 4 aromatic rings. The molecule has 4 rings (SSSR count). The minimum atomic E-state index is -0.177. The molecule has 0 aliphatic heterocycles. The summed E-state index contributed by atoms with van der Waals surface area (Å²) >= 11 is 1.66. The van der Waals surface area contributed by atoms with Crippen LogP contribution in [0.4, 0.5) is 0 Å². The van der Waals surface area contributed by atoms with Crippen molar-refractivity contribution in [3.8, 4) is 10.6 Å². The Morgan fingerprint density at radius 1 is 1.12 bits per heavy atom. The molecule has 0 spiro atoms. The first kappa shape index (κ1) is 15.8. The Hall–Kier alpha value is -2.70. The van der Waals surface area contributed by atoms with Crippen LogP contribution in [0.1, 0.15) is 24.2 Å². The molecule has 0 amide bonds. The van der Waals surface area contributed by atoms with Crippen LogP contribution in [-0.2, 0) is 6.54 Å². The quantitative estimate of drug-likeness (QED) is 0.512. The maximum Gasteiger partial charge on any atom is 0.323 e. The molecule has 1 atom stereocenters. The number of imidazole rings is 1. The van der Waals surface area contributed by atoms with Crippen LogP contribution in [0.25, 0.3) is 21.6 Å². The van der Waals surface area contributed by atoms with E-state index < -0.39 is 0 Å². The zero-order valence-electron chi connectivity index (χ0n) is 13.7. The lowest BCUT2D eigenvalue weighted by Crippen LogP contribution is -2.18. The summed E-state index contributed by atoms with van der Waals surface area (Å²) in [7, 11) is 0. The molecule has 126 valence electrons. The Morgan fingerprint density at radius 2 is 1.92 bits per heavy atom. The summed E-state index contributed by atoms with van der Waals surface area (Å²) in [5.41, 5.74) is 4.79. The van der Waals surface area contributed by atoms with E-state index in [1.165, 1.54) is 0 Å². The van der Waals surface area contributed by atoms with Crippen molar-refractivity contribution in [3.63, 3.8) is 0 Å². The van der Waals surface area contributed by atoms with Gasteiger partial charge in [0.2, 0.25) is 0 Å². The molecule has 1 unspecified atom stereocenters. The second-order valence-corrected chi connectivity index (χ2v) is 6.85. The molecule has 0 fully saturated rings. The summed E-state index contributed by atoms with van der Waals surface area (Å²) in [6.45, 7) is 2.81. The number of benzene rings is 2. The predicted octanol–water partition coefficient (Wildman–Crippen LogP) is 3.83. The highest BCUT2D eigenvalue weighted by Crippen LogP contribution is 2.24. The van der Waals surface area contributed by atoms with E-state index >= 15 is 0 Å². The minimum Gasteiger partial charge on any atom is -0.306 e. The summed E-state index contributed by atoms with van der Waals surface area (Å²) in [6, 6.07) is 16.3. The average Bonchev–Trinajstić information content (AvgIpc) is 3.25. The molecule has 5 nitrogen and oxygen atoms in total. The Bertz CT molecular complexity index is 1050. The van der Waals surface area contributed by atoms with Crippen molar-refractivity contribution < 1.29 is 0 Å². The van der Waals surface area contributed by atoms with Gasteiger partial charge in [0.1, 0.15) is 5.01 Å². The highest BCUT2D eigenvalue weighted by molar-refractivity contribution is 7.13. The van der Waals surface area contributed by atoms with Crippen LogP contribution < -0.4 is 11.0 Å². The number of rotatable bonds is 5. The molecule has 0 bridgehead atoms. The maximum atomic E-state index is 11.4. The normalized spacial score (nSPS) is 12.5. The lowest BCUT2D eigenvalue weighted by Gasteiger charge is -2.13. The smallest absolute Gasteiger partial charge is 0.306 e. The van der Waals surface area contributed by atoms with Crippen molar-refractivity contribution in [2.45, 2.75) is 19.5 Å². The molecule has 2 heterocycles. The molecule has 2 aromatic carbocycles. The van der Waals surface area contributed by atoms with Gasteiger partial charge in [-0.15, -0.1) is 11.3 Å². The Kier molecular flexibility index (Phi) is 4.21. The lowest BCUT2D eigenvalue weighted by atomic mass is 10.1. The van der Waals surface area contributed by atoms with Gasteiger partial charge in [0.25, 0.3) is 0 Å². The second-order valence-electron chi connectivity index (χ2n) is 6.00. The van der Waals surface area contributed by atoms with Gasteiger partial charge < -0.3 is 15.3 Å². The zero-order chi connectivity index (χ0) is 17.2. The van der Waals surface area contributed by atoms with Crippen LogP contribution in [0.15, 0.2) is 58.7 Å². The number of aromatic nitrogens is 3. The summed E-state index contributed by atoms with van der Waals surface area (Å²) in [5.74, 6) is 0. The van der Waals surface area contributed by atoms with Crippen LogP contribution in [0.5, 0.6) is 0 Å². The standard InChI is InChI=1S/C19H18N4OS/c1-12(14-7-8-16-17(9-14)23-19(24)22-16)20-10-15-11-25-18(21-15)13-5-3-2-4-6-13/h2-9,11-12,20H,10H2,1H3,(H2,22,23,24). The molecule has 0 radical (unpaired) electrons. The van der Waals surface area contributed by atoms with E-state index in [0.29, 0.717) is 6.54 Å². The first-order chi connectivity index (χ1) is 12.2. The SMILES string of the molecule is CC(NCc1csc(-c2ccccc2)n1)c1ccc2[nH]c(=O)[nH]c2c1. The molecular weight excluding hydrogens is 332 g/mol. The number of nitrogens with one attached hydrogen (secondary N) is 3. The van der Waals surface area contributed by atoms with Gasteiger partial charge in [-0.2, -0.15) is 0 Å². The van der Waals surface area contributed by atoms with Crippen molar-refractivity contribution in [1.82, 2.24) is 20.3 Å². The third-order valence-electron chi connectivity index (χ3n) is 4.20. The summed E-state index contributed by atoms with van der Waals surface area (Å²) in [4.78, 5) is 21.6. The van der Waals surface area contributed by atoms with Gasteiger partial charge in [-0.1, -0.05) is 36.4 Å². The lowest BCUT2D eigenvalue weighted by molar-refractivity contribution is 0.570. The van der Waals surface area contributed by atoms with E-state index in [1.807, 2.05) is 36.4 Å². The van der Waals surface area contributed by atoms with E-state index in [9.17, 15) is 4.79 Å². The number of fused-ring (bicyclic) bond motifs is 1. The van der Waals surface area contributed by atoms with Crippen LogP contribution in [-0.4, -0.2) is 15.0 Å². The molecule has 0 aliphatic rings. The van der Waals surface area contributed by atoms with E-state index in [0.717, 1.165) is 32.9 Å². The van der Waals surface area contributed by atoms with Gasteiger partial charge in [-0.25, -0.2) is 9.78 Å². The highest BCUT2D eigenvalue weighted by atomic mass is 32.1. The first-order valence-corrected chi connectivity index (χ1v) is 9.02. The van der Waals surface area contributed by atoms with Gasteiger partial charge in [0, 0.05) is 23.5 Å². The first-order valence-electron chi connectivity index (χ1n) is 8.14.